The fourth-order valence-corrected chi connectivity index (χ4v) is 4.91. The Morgan fingerprint density at radius 2 is 1.38 bits per heavy atom. The number of rotatable bonds is 5. The zero-order valence-electron chi connectivity index (χ0n) is 17.4. The first-order valence-corrected chi connectivity index (χ1v) is 11.5. The number of hydrogen-bond donors (Lipinski definition) is 0. The Morgan fingerprint density at radius 1 is 0.719 bits per heavy atom. The van der Waals surface area contributed by atoms with Crippen molar-refractivity contribution in [3.8, 4) is 28.5 Å². The number of hydrogen-bond acceptors (Lipinski definition) is 3. The highest BCUT2D eigenvalue weighted by Gasteiger charge is 2.16. The van der Waals surface area contributed by atoms with Gasteiger partial charge in [0.2, 0.25) is 0 Å². The second kappa shape index (κ2) is 9.09. The van der Waals surface area contributed by atoms with Crippen LogP contribution in [0.1, 0.15) is 11.1 Å². The predicted octanol–water partition coefficient (Wildman–Crippen LogP) is 7.73. The number of aromatic nitrogens is 1. The van der Waals surface area contributed by atoms with E-state index in [0.29, 0.717) is 5.56 Å². The van der Waals surface area contributed by atoms with Crippen molar-refractivity contribution in [1.82, 2.24) is 4.98 Å². The van der Waals surface area contributed by atoms with Gasteiger partial charge < -0.3 is 0 Å². The topological polar surface area (TPSA) is 36.7 Å². The third-order valence-corrected chi connectivity index (χ3v) is 6.52. The molecule has 0 N–H and O–H groups in total. The van der Waals surface area contributed by atoms with Crippen LogP contribution in [0.15, 0.2) is 114 Å². The highest BCUT2D eigenvalue weighted by atomic mass is 32.2. The van der Waals surface area contributed by atoms with E-state index < -0.39 is 0 Å². The molecular formula is C29H20N2S. The van der Waals surface area contributed by atoms with Crippen LogP contribution < -0.4 is 0 Å². The van der Waals surface area contributed by atoms with E-state index in [0.717, 1.165) is 33.2 Å². The molecule has 0 saturated heterocycles. The highest BCUT2D eigenvalue weighted by molar-refractivity contribution is 7.98. The first-order chi connectivity index (χ1) is 15.8. The maximum atomic E-state index is 10.1. The van der Waals surface area contributed by atoms with Crippen molar-refractivity contribution in [3.05, 3.63) is 120 Å². The summed E-state index contributed by atoms with van der Waals surface area (Å²) >= 11 is 1.62. The fourth-order valence-electron chi connectivity index (χ4n) is 3.90. The minimum absolute atomic E-state index is 0.626. The highest BCUT2D eigenvalue weighted by Crippen LogP contribution is 2.36. The molecule has 0 saturated carbocycles. The molecule has 1 heterocycles. The fraction of sp³-hybridized carbons (Fsp3) is 0.0345. The van der Waals surface area contributed by atoms with Gasteiger partial charge in [-0.2, -0.15) is 5.26 Å². The molecular weight excluding hydrogens is 408 g/mol. The quantitative estimate of drug-likeness (QED) is 0.269. The molecule has 3 heteroatoms. The number of thioether (sulfide) groups is 1. The minimum Gasteiger partial charge on any atom is -0.240 e. The standard InChI is InChI=1S/C29H20N2S/c30-19-27-26(22-10-3-1-4-11-22)18-28(23-13-5-2-6-14-23)31-29(27)32-20-24-16-9-15-21-12-7-8-17-25(21)24/h1-18H,20H2. The number of benzene rings is 4. The SMILES string of the molecule is N#Cc1c(-c2ccccc2)cc(-c2ccccc2)nc1SCc1cccc2ccccc12. The average molecular weight is 429 g/mol. The summed E-state index contributed by atoms with van der Waals surface area (Å²) in [5.41, 5.74) is 5.73. The second-order valence-electron chi connectivity index (χ2n) is 7.51. The Balaban J connectivity index is 1.61. The van der Waals surface area contributed by atoms with Crippen LogP contribution in [0.2, 0.25) is 0 Å². The van der Waals surface area contributed by atoms with E-state index >= 15 is 0 Å². The summed E-state index contributed by atoms with van der Waals surface area (Å²) in [5, 5.41) is 13.3. The Kier molecular flexibility index (Phi) is 5.70. The normalized spacial score (nSPS) is 10.7. The number of nitriles is 1. The first-order valence-electron chi connectivity index (χ1n) is 10.5. The lowest BCUT2D eigenvalue weighted by Crippen LogP contribution is -1.96. The van der Waals surface area contributed by atoms with Gasteiger partial charge in [0.1, 0.15) is 11.1 Å². The van der Waals surface area contributed by atoms with Crippen LogP contribution in [-0.2, 0) is 5.75 Å². The van der Waals surface area contributed by atoms with Crippen molar-refractivity contribution in [1.29, 1.82) is 5.26 Å². The molecule has 0 aliphatic carbocycles. The number of nitrogens with zero attached hydrogens (tertiary/aromatic N) is 2. The van der Waals surface area contributed by atoms with E-state index in [9.17, 15) is 5.26 Å². The van der Waals surface area contributed by atoms with Crippen LogP contribution in [0.25, 0.3) is 33.2 Å². The van der Waals surface area contributed by atoms with Crippen molar-refractivity contribution in [3.63, 3.8) is 0 Å². The van der Waals surface area contributed by atoms with Gasteiger partial charge in [-0.25, -0.2) is 4.98 Å². The lowest BCUT2D eigenvalue weighted by molar-refractivity contribution is 1.12. The summed E-state index contributed by atoms with van der Waals surface area (Å²) in [6.45, 7) is 0. The molecule has 0 spiro atoms. The summed E-state index contributed by atoms with van der Waals surface area (Å²) in [4.78, 5) is 4.94. The van der Waals surface area contributed by atoms with Gasteiger partial charge in [0.25, 0.3) is 0 Å². The van der Waals surface area contributed by atoms with Gasteiger partial charge in [-0.05, 0) is 28.0 Å². The average Bonchev–Trinajstić information content (AvgIpc) is 2.88. The van der Waals surface area contributed by atoms with Crippen LogP contribution in [0.5, 0.6) is 0 Å². The van der Waals surface area contributed by atoms with Gasteiger partial charge in [0.05, 0.1) is 11.3 Å². The molecule has 0 unspecified atom stereocenters. The monoisotopic (exact) mass is 428 g/mol. The zero-order valence-corrected chi connectivity index (χ0v) is 18.2. The summed E-state index contributed by atoms with van der Waals surface area (Å²) in [7, 11) is 0. The van der Waals surface area contributed by atoms with Crippen molar-refractivity contribution in [2.45, 2.75) is 10.8 Å². The molecule has 152 valence electrons. The molecule has 4 aromatic carbocycles. The molecule has 0 aliphatic heterocycles. The number of pyridine rings is 1. The van der Waals surface area contributed by atoms with Crippen LogP contribution in [-0.4, -0.2) is 4.98 Å². The summed E-state index contributed by atoms with van der Waals surface area (Å²) in [6.07, 6.45) is 0. The molecule has 0 bridgehead atoms. The molecule has 0 amide bonds. The summed E-state index contributed by atoms with van der Waals surface area (Å²) in [5.74, 6) is 0.746. The van der Waals surface area contributed by atoms with Crippen LogP contribution >= 0.6 is 11.8 Å². The molecule has 2 nitrogen and oxygen atoms in total. The van der Waals surface area contributed by atoms with E-state index in [1.807, 2.05) is 54.6 Å². The van der Waals surface area contributed by atoms with Gasteiger partial charge in [-0.1, -0.05) is 103 Å². The van der Waals surface area contributed by atoms with Gasteiger partial charge >= 0.3 is 0 Å². The maximum absolute atomic E-state index is 10.1. The van der Waals surface area contributed by atoms with Crippen LogP contribution in [0, 0.1) is 11.3 Å². The van der Waals surface area contributed by atoms with E-state index in [1.54, 1.807) is 11.8 Å². The van der Waals surface area contributed by atoms with Gasteiger partial charge in [-0.3, -0.25) is 0 Å². The first kappa shape index (κ1) is 20.1. The van der Waals surface area contributed by atoms with E-state index in [1.165, 1.54) is 16.3 Å². The van der Waals surface area contributed by atoms with Crippen molar-refractivity contribution in [2.75, 3.05) is 0 Å². The summed E-state index contributed by atoms with van der Waals surface area (Å²) < 4.78 is 0. The molecule has 0 aliphatic rings. The Morgan fingerprint density at radius 3 is 2.12 bits per heavy atom. The van der Waals surface area contributed by atoms with Crippen LogP contribution in [0.3, 0.4) is 0 Å². The number of fused-ring (bicyclic) bond motifs is 1. The third-order valence-electron chi connectivity index (χ3n) is 5.50. The van der Waals surface area contributed by atoms with Gasteiger partial charge in [-0.15, -0.1) is 11.8 Å². The summed E-state index contributed by atoms with van der Waals surface area (Å²) in [6, 6.07) is 39.5. The van der Waals surface area contributed by atoms with Gasteiger partial charge in [0.15, 0.2) is 0 Å². The molecule has 32 heavy (non-hydrogen) atoms. The van der Waals surface area contributed by atoms with E-state index in [2.05, 4.69) is 60.7 Å². The van der Waals surface area contributed by atoms with Crippen molar-refractivity contribution < 1.29 is 0 Å². The van der Waals surface area contributed by atoms with E-state index in [4.69, 9.17) is 4.98 Å². The minimum atomic E-state index is 0.626. The molecule has 0 radical (unpaired) electrons. The van der Waals surface area contributed by atoms with E-state index in [-0.39, 0.29) is 0 Å². The predicted molar refractivity (Wildman–Crippen MR) is 133 cm³/mol. The molecule has 0 fully saturated rings. The van der Waals surface area contributed by atoms with Crippen LogP contribution in [0.4, 0.5) is 0 Å². The molecule has 5 rings (SSSR count). The lowest BCUT2D eigenvalue weighted by atomic mass is 9.99. The molecule has 5 aromatic rings. The lowest BCUT2D eigenvalue weighted by Gasteiger charge is -2.13. The van der Waals surface area contributed by atoms with Crippen molar-refractivity contribution in [2.24, 2.45) is 0 Å². The second-order valence-corrected chi connectivity index (χ2v) is 8.47. The maximum Gasteiger partial charge on any atom is 0.115 e. The van der Waals surface area contributed by atoms with Gasteiger partial charge in [0, 0.05) is 16.9 Å². The third kappa shape index (κ3) is 4.01. The van der Waals surface area contributed by atoms with Crippen molar-refractivity contribution >= 4 is 22.5 Å². The largest absolute Gasteiger partial charge is 0.240 e. The smallest absolute Gasteiger partial charge is 0.115 e. The Labute approximate surface area is 192 Å². The Hall–Kier alpha value is -3.87. The Bertz CT molecular complexity index is 1420. The molecule has 0 atom stereocenters. The molecule has 1 aromatic heterocycles. The zero-order chi connectivity index (χ0) is 21.8.